The van der Waals surface area contributed by atoms with Crippen LogP contribution >= 0.6 is 23.2 Å². The summed E-state index contributed by atoms with van der Waals surface area (Å²) >= 11 is 11.6. The highest BCUT2D eigenvalue weighted by Gasteiger charge is 2.39. The van der Waals surface area contributed by atoms with Crippen LogP contribution in [0.15, 0.2) is 47.5 Å². The van der Waals surface area contributed by atoms with E-state index in [0.29, 0.717) is 28.7 Å². The van der Waals surface area contributed by atoms with Gasteiger partial charge in [0.25, 0.3) is 0 Å². The van der Waals surface area contributed by atoms with Crippen LogP contribution in [0.4, 0.5) is 5.82 Å². The van der Waals surface area contributed by atoms with Gasteiger partial charge in [0.1, 0.15) is 11.9 Å². The quantitative estimate of drug-likeness (QED) is 0.855. The first-order valence-electron chi connectivity index (χ1n) is 7.58. The van der Waals surface area contributed by atoms with Crippen molar-refractivity contribution in [3.8, 4) is 0 Å². The standard InChI is InChI=1S/C16H15Cl2N3O3S/c17-11-3-6-13(7-4-11)25(23,24)21-9-1-2-14(21)16(22)20-15-8-5-12(18)10-19-15/h3-8,10,14H,1-2,9H2,(H,19,20,22)/t14-/m0/s1. The first kappa shape index (κ1) is 18.1. The zero-order valence-corrected chi connectivity index (χ0v) is 15.4. The van der Waals surface area contributed by atoms with E-state index in [-0.39, 0.29) is 11.4 Å². The van der Waals surface area contributed by atoms with Gasteiger partial charge < -0.3 is 5.32 Å². The first-order chi connectivity index (χ1) is 11.9. The zero-order valence-electron chi connectivity index (χ0n) is 13.0. The summed E-state index contributed by atoms with van der Waals surface area (Å²) in [5, 5.41) is 3.54. The molecule has 0 aliphatic carbocycles. The van der Waals surface area contributed by atoms with E-state index in [2.05, 4.69) is 10.3 Å². The molecule has 1 aliphatic rings. The Morgan fingerprint density at radius 1 is 1.12 bits per heavy atom. The summed E-state index contributed by atoms with van der Waals surface area (Å²) in [5.41, 5.74) is 0. The van der Waals surface area contributed by atoms with Crippen molar-refractivity contribution in [3.63, 3.8) is 0 Å². The average molecular weight is 400 g/mol. The molecule has 132 valence electrons. The number of benzene rings is 1. The van der Waals surface area contributed by atoms with Gasteiger partial charge in [-0.1, -0.05) is 23.2 Å². The number of carbonyl (C=O) groups excluding carboxylic acids is 1. The minimum absolute atomic E-state index is 0.112. The fourth-order valence-electron chi connectivity index (χ4n) is 2.69. The number of anilines is 1. The van der Waals surface area contributed by atoms with Crippen molar-refractivity contribution in [3.05, 3.63) is 52.6 Å². The van der Waals surface area contributed by atoms with E-state index in [9.17, 15) is 13.2 Å². The summed E-state index contributed by atoms with van der Waals surface area (Å²) in [6.45, 7) is 0.289. The van der Waals surface area contributed by atoms with Gasteiger partial charge in [-0.05, 0) is 49.2 Å². The maximum absolute atomic E-state index is 12.8. The highest BCUT2D eigenvalue weighted by atomic mass is 35.5. The third-order valence-electron chi connectivity index (χ3n) is 3.91. The number of halogens is 2. The first-order valence-corrected chi connectivity index (χ1v) is 9.77. The van der Waals surface area contributed by atoms with Gasteiger partial charge >= 0.3 is 0 Å². The van der Waals surface area contributed by atoms with Gasteiger partial charge in [-0.25, -0.2) is 13.4 Å². The number of aromatic nitrogens is 1. The predicted molar refractivity (Wildman–Crippen MR) is 96.2 cm³/mol. The van der Waals surface area contributed by atoms with Crippen molar-refractivity contribution in [2.45, 2.75) is 23.8 Å². The van der Waals surface area contributed by atoms with Crippen LogP contribution in [0.5, 0.6) is 0 Å². The molecule has 2 aromatic rings. The van der Waals surface area contributed by atoms with Gasteiger partial charge in [-0.2, -0.15) is 4.31 Å². The van der Waals surface area contributed by atoms with Crippen molar-refractivity contribution in [2.24, 2.45) is 0 Å². The van der Waals surface area contributed by atoms with Crippen LogP contribution in [0.25, 0.3) is 0 Å². The molecule has 1 saturated heterocycles. The normalized spacial score (nSPS) is 18.2. The van der Waals surface area contributed by atoms with Crippen LogP contribution in [-0.4, -0.2) is 36.2 Å². The SMILES string of the molecule is O=C(Nc1ccc(Cl)cn1)[C@@H]1CCCN1S(=O)(=O)c1ccc(Cl)cc1. The molecule has 1 atom stereocenters. The van der Waals surface area contributed by atoms with Gasteiger partial charge in [0.15, 0.2) is 0 Å². The molecule has 25 heavy (non-hydrogen) atoms. The molecule has 1 fully saturated rings. The topological polar surface area (TPSA) is 79.4 Å². The molecule has 2 heterocycles. The number of pyridine rings is 1. The van der Waals surface area contributed by atoms with Crippen LogP contribution in [0.1, 0.15) is 12.8 Å². The number of hydrogen-bond acceptors (Lipinski definition) is 4. The van der Waals surface area contributed by atoms with Gasteiger partial charge in [-0.15, -0.1) is 0 Å². The van der Waals surface area contributed by atoms with Crippen molar-refractivity contribution >= 4 is 45.0 Å². The summed E-state index contributed by atoms with van der Waals surface area (Å²) in [7, 11) is -3.78. The number of sulfonamides is 1. The maximum atomic E-state index is 12.8. The molecule has 1 N–H and O–H groups in total. The van der Waals surface area contributed by atoms with E-state index in [0.717, 1.165) is 0 Å². The van der Waals surface area contributed by atoms with E-state index in [1.54, 1.807) is 12.1 Å². The molecule has 1 aromatic heterocycles. The summed E-state index contributed by atoms with van der Waals surface area (Å²) in [4.78, 5) is 16.6. The van der Waals surface area contributed by atoms with Crippen LogP contribution < -0.4 is 5.32 Å². The third kappa shape index (κ3) is 3.95. The van der Waals surface area contributed by atoms with Gasteiger partial charge in [0.2, 0.25) is 15.9 Å². The molecule has 1 aromatic carbocycles. The molecular weight excluding hydrogens is 385 g/mol. The van der Waals surface area contributed by atoms with Crippen molar-refractivity contribution < 1.29 is 13.2 Å². The Kier molecular flexibility index (Phi) is 5.29. The minimum Gasteiger partial charge on any atom is -0.309 e. The van der Waals surface area contributed by atoms with E-state index in [4.69, 9.17) is 23.2 Å². The number of amides is 1. The van der Waals surface area contributed by atoms with Crippen LogP contribution in [-0.2, 0) is 14.8 Å². The maximum Gasteiger partial charge on any atom is 0.243 e. The van der Waals surface area contributed by atoms with Crippen molar-refractivity contribution in [1.29, 1.82) is 0 Å². The van der Waals surface area contributed by atoms with E-state index in [1.807, 2.05) is 0 Å². The number of rotatable bonds is 4. The van der Waals surface area contributed by atoms with Gasteiger partial charge in [-0.3, -0.25) is 4.79 Å². The molecule has 0 spiro atoms. The second-order valence-corrected chi connectivity index (χ2v) is 8.34. The Balaban J connectivity index is 1.80. The third-order valence-corrected chi connectivity index (χ3v) is 6.30. The molecular formula is C16H15Cl2N3O3S. The Morgan fingerprint density at radius 2 is 1.80 bits per heavy atom. The Morgan fingerprint density at radius 3 is 2.44 bits per heavy atom. The van der Waals surface area contributed by atoms with E-state index >= 15 is 0 Å². The molecule has 3 rings (SSSR count). The lowest BCUT2D eigenvalue weighted by Gasteiger charge is -2.23. The van der Waals surface area contributed by atoms with Crippen molar-refractivity contribution in [1.82, 2.24) is 9.29 Å². The fourth-order valence-corrected chi connectivity index (χ4v) is 4.59. The smallest absolute Gasteiger partial charge is 0.243 e. The highest BCUT2D eigenvalue weighted by Crippen LogP contribution is 2.27. The lowest BCUT2D eigenvalue weighted by molar-refractivity contribution is -0.119. The number of carbonyl (C=O) groups is 1. The average Bonchev–Trinajstić information content (AvgIpc) is 3.08. The highest BCUT2D eigenvalue weighted by molar-refractivity contribution is 7.89. The molecule has 9 heteroatoms. The molecule has 1 aliphatic heterocycles. The molecule has 1 amide bonds. The molecule has 0 unspecified atom stereocenters. The summed E-state index contributed by atoms with van der Waals surface area (Å²) in [5.74, 6) is -0.0880. The van der Waals surface area contributed by atoms with Crippen LogP contribution in [0.3, 0.4) is 0 Å². The molecule has 6 nitrogen and oxygen atoms in total. The van der Waals surface area contributed by atoms with Gasteiger partial charge in [0.05, 0.1) is 9.92 Å². The van der Waals surface area contributed by atoms with Gasteiger partial charge in [0, 0.05) is 17.8 Å². The number of nitrogens with zero attached hydrogens (tertiary/aromatic N) is 2. The van der Waals surface area contributed by atoms with E-state index in [1.165, 1.54) is 34.8 Å². The second kappa shape index (κ2) is 7.29. The van der Waals surface area contributed by atoms with Crippen LogP contribution in [0, 0.1) is 0 Å². The number of nitrogens with one attached hydrogen (secondary N) is 1. The Labute approximate surface area is 155 Å². The largest absolute Gasteiger partial charge is 0.309 e. The monoisotopic (exact) mass is 399 g/mol. The van der Waals surface area contributed by atoms with Crippen molar-refractivity contribution in [2.75, 3.05) is 11.9 Å². The molecule has 0 saturated carbocycles. The molecule has 0 bridgehead atoms. The molecule has 0 radical (unpaired) electrons. The zero-order chi connectivity index (χ0) is 18.0. The fraction of sp³-hybridized carbons (Fsp3) is 0.250. The lowest BCUT2D eigenvalue weighted by Crippen LogP contribution is -2.43. The summed E-state index contributed by atoms with van der Waals surface area (Å²) in [6, 6.07) is 8.28. The summed E-state index contributed by atoms with van der Waals surface area (Å²) in [6.07, 6.45) is 2.47. The predicted octanol–water partition coefficient (Wildman–Crippen LogP) is 3.18. The number of hydrogen-bond donors (Lipinski definition) is 1. The Bertz CT molecular complexity index is 871. The van der Waals surface area contributed by atoms with Crippen LogP contribution in [0.2, 0.25) is 10.0 Å². The summed E-state index contributed by atoms with van der Waals surface area (Å²) < 4.78 is 26.9. The minimum atomic E-state index is -3.78. The Hall–Kier alpha value is -1.67. The van der Waals surface area contributed by atoms with E-state index < -0.39 is 22.0 Å². The second-order valence-electron chi connectivity index (χ2n) is 5.58. The lowest BCUT2D eigenvalue weighted by atomic mass is 10.2.